The minimum atomic E-state index is -0.160. The quantitative estimate of drug-likeness (QED) is 0.920. The molecule has 0 fully saturated rings. The molecule has 2 heterocycles. The third-order valence-electron chi connectivity index (χ3n) is 3.78. The van der Waals surface area contributed by atoms with Crippen molar-refractivity contribution in [2.45, 2.75) is 38.5 Å². The average molecular weight is 303 g/mol. The molecule has 0 bridgehead atoms. The van der Waals surface area contributed by atoms with Crippen LogP contribution in [-0.2, 0) is 6.61 Å². The van der Waals surface area contributed by atoms with Gasteiger partial charge in [-0.05, 0) is 49.4 Å². The molecule has 0 spiro atoms. The average Bonchev–Trinajstić information content (AvgIpc) is 2.96. The first-order valence-electron chi connectivity index (χ1n) is 7.21. The maximum Gasteiger partial charge on any atom is 0.128 e. The molecular formula is C17H21NO2S. The molecule has 2 aromatic rings. The molecule has 4 heteroatoms. The van der Waals surface area contributed by atoms with E-state index >= 15 is 0 Å². The molecule has 1 aromatic heterocycles. The van der Waals surface area contributed by atoms with Crippen LogP contribution in [-0.4, -0.2) is 12.6 Å². The zero-order valence-electron chi connectivity index (χ0n) is 12.7. The Morgan fingerprint density at radius 1 is 1.38 bits per heavy atom. The Labute approximate surface area is 129 Å². The van der Waals surface area contributed by atoms with Crippen LogP contribution in [0.4, 0.5) is 0 Å². The van der Waals surface area contributed by atoms with Gasteiger partial charge in [-0.25, -0.2) is 0 Å². The minimum Gasteiger partial charge on any atom is -0.489 e. The van der Waals surface area contributed by atoms with Crippen molar-refractivity contribution < 1.29 is 9.47 Å². The van der Waals surface area contributed by atoms with Gasteiger partial charge in [-0.15, -0.1) is 0 Å². The van der Waals surface area contributed by atoms with Gasteiger partial charge in [0.1, 0.15) is 23.7 Å². The second kappa shape index (κ2) is 5.70. The second-order valence-electron chi connectivity index (χ2n) is 6.03. The Hall–Kier alpha value is -1.52. The zero-order chi connectivity index (χ0) is 14.9. The fourth-order valence-corrected chi connectivity index (χ4v) is 3.37. The van der Waals surface area contributed by atoms with Gasteiger partial charge in [0.25, 0.3) is 0 Å². The van der Waals surface area contributed by atoms with E-state index in [1.807, 2.05) is 19.2 Å². The lowest BCUT2D eigenvalue weighted by Crippen LogP contribution is -2.38. The largest absolute Gasteiger partial charge is 0.489 e. The van der Waals surface area contributed by atoms with Crippen molar-refractivity contribution in [3.63, 3.8) is 0 Å². The number of ether oxygens (including phenoxy) is 2. The van der Waals surface area contributed by atoms with E-state index < -0.39 is 0 Å². The van der Waals surface area contributed by atoms with Crippen LogP contribution in [0.25, 0.3) is 0 Å². The lowest BCUT2D eigenvalue weighted by Gasteiger charge is -2.37. The van der Waals surface area contributed by atoms with Gasteiger partial charge < -0.3 is 14.8 Å². The van der Waals surface area contributed by atoms with E-state index in [1.54, 1.807) is 11.3 Å². The monoisotopic (exact) mass is 303 g/mol. The van der Waals surface area contributed by atoms with Gasteiger partial charge in [-0.2, -0.15) is 11.3 Å². The molecule has 1 aliphatic rings. The first kappa shape index (κ1) is 14.4. The van der Waals surface area contributed by atoms with Crippen molar-refractivity contribution >= 4 is 11.3 Å². The Balaban J connectivity index is 1.80. The summed E-state index contributed by atoms with van der Waals surface area (Å²) in [4.78, 5) is 0. The van der Waals surface area contributed by atoms with Crippen LogP contribution in [0.2, 0.25) is 0 Å². The highest BCUT2D eigenvalue weighted by atomic mass is 32.1. The summed E-state index contributed by atoms with van der Waals surface area (Å²) in [6, 6.07) is 8.55. The Morgan fingerprint density at radius 3 is 2.95 bits per heavy atom. The third-order valence-corrected chi connectivity index (χ3v) is 4.51. The Bertz CT molecular complexity index is 607. The molecule has 1 unspecified atom stereocenters. The fourth-order valence-electron chi connectivity index (χ4n) is 2.72. The van der Waals surface area contributed by atoms with Crippen molar-refractivity contribution in [1.82, 2.24) is 5.32 Å². The van der Waals surface area contributed by atoms with E-state index in [0.29, 0.717) is 12.6 Å². The number of thiophene rings is 1. The molecule has 1 atom stereocenters. The number of hydrogen-bond donors (Lipinski definition) is 1. The van der Waals surface area contributed by atoms with Gasteiger partial charge in [0, 0.05) is 24.1 Å². The van der Waals surface area contributed by atoms with E-state index in [-0.39, 0.29) is 5.60 Å². The second-order valence-corrected chi connectivity index (χ2v) is 6.81. The van der Waals surface area contributed by atoms with Gasteiger partial charge in [0.15, 0.2) is 0 Å². The highest BCUT2D eigenvalue weighted by molar-refractivity contribution is 7.07. The van der Waals surface area contributed by atoms with E-state index in [0.717, 1.165) is 17.9 Å². The lowest BCUT2D eigenvalue weighted by molar-refractivity contribution is 0.0671. The molecule has 1 aromatic carbocycles. The molecule has 1 aliphatic heterocycles. The SMILES string of the molecule is CNC1CC(C)(C)Oc2cc(OCc3ccsc3)ccc21. The van der Waals surface area contributed by atoms with Gasteiger partial charge in [0.2, 0.25) is 0 Å². The summed E-state index contributed by atoms with van der Waals surface area (Å²) in [6.45, 7) is 4.85. The molecule has 21 heavy (non-hydrogen) atoms. The Kier molecular flexibility index (Phi) is 3.91. The molecule has 0 amide bonds. The summed E-state index contributed by atoms with van der Waals surface area (Å²) in [6.07, 6.45) is 0.964. The highest BCUT2D eigenvalue weighted by Crippen LogP contribution is 2.41. The predicted molar refractivity (Wildman–Crippen MR) is 86.2 cm³/mol. The first-order chi connectivity index (χ1) is 10.1. The summed E-state index contributed by atoms with van der Waals surface area (Å²) >= 11 is 1.69. The molecule has 3 nitrogen and oxygen atoms in total. The van der Waals surface area contributed by atoms with Crippen molar-refractivity contribution in [3.05, 3.63) is 46.2 Å². The van der Waals surface area contributed by atoms with Crippen molar-refractivity contribution in [3.8, 4) is 11.5 Å². The van der Waals surface area contributed by atoms with Crippen LogP contribution in [0.3, 0.4) is 0 Å². The first-order valence-corrected chi connectivity index (χ1v) is 8.16. The molecule has 0 aliphatic carbocycles. The van der Waals surface area contributed by atoms with Crippen LogP contribution < -0.4 is 14.8 Å². The normalized spacial score (nSPS) is 19.7. The molecule has 0 saturated heterocycles. The Morgan fingerprint density at radius 2 is 2.24 bits per heavy atom. The van der Waals surface area contributed by atoms with Crippen LogP contribution >= 0.6 is 11.3 Å². The number of nitrogens with one attached hydrogen (secondary N) is 1. The third kappa shape index (κ3) is 3.22. The maximum absolute atomic E-state index is 6.11. The summed E-state index contributed by atoms with van der Waals surface area (Å²) in [5, 5.41) is 7.54. The fraction of sp³-hybridized carbons (Fsp3) is 0.412. The molecule has 112 valence electrons. The maximum atomic E-state index is 6.11. The zero-order valence-corrected chi connectivity index (χ0v) is 13.5. The number of hydrogen-bond acceptors (Lipinski definition) is 4. The van der Waals surface area contributed by atoms with Crippen LogP contribution in [0.15, 0.2) is 35.0 Å². The minimum absolute atomic E-state index is 0.160. The lowest BCUT2D eigenvalue weighted by atomic mass is 9.90. The van der Waals surface area contributed by atoms with Gasteiger partial charge in [-0.3, -0.25) is 0 Å². The van der Waals surface area contributed by atoms with E-state index in [1.165, 1.54) is 11.1 Å². The summed E-state index contributed by atoms with van der Waals surface area (Å²) in [5.41, 5.74) is 2.25. The van der Waals surface area contributed by atoms with Crippen molar-refractivity contribution in [2.75, 3.05) is 7.05 Å². The van der Waals surface area contributed by atoms with E-state index in [2.05, 4.69) is 42.1 Å². The predicted octanol–water partition coefficient (Wildman–Crippen LogP) is 4.15. The molecule has 0 saturated carbocycles. The van der Waals surface area contributed by atoms with Crippen LogP contribution in [0.5, 0.6) is 11.5 Å². The number of rotatable bonds is 4. The smallest absolute Gasteiger partial charge is 0.128 e. The van der Waals surface area contributed by atoms with Crippen LogP contribution in [0, 0.1) is 0 Å². The molecule has 0 radical (unpaired) electrons. The highest BCUT2D eigenvalue weighted by Gasteiger charge is 2.33. The van der Waals surface area contributed by atoms with Crippen LogP contribution in [0.1, 0.15) is 37.4 Å². The van der Waals surface area contributed by atoms with Crippen molar-refractivity contribution in [2.24, 2.45) is 0 Å². The molecule has 1 N–H and O–H groups in total. The topological polar surface area (TPSA) is 30.5 Å². The van der Waals surface area contributed by atoms with Gasteiger partial charge >= 0.3 is 0 Å². The number of benzene rings is 1. The number of fused-ring (bicyclic) bond motifs is 1. The van der Waals surface area contributed by atoms with Crippen molar-refractivity contribution in [1.29, 1.82) is 0 Å². The van der Waals surface area contributed by atoms with Gasteiger partial charge in [-0.1, -0.05) is 6.07 Å². The van der Waals surface area contributed by atoms with E-state index in [4.69, 9.17) is 9.47 Å². The van der Waals surface area contributed by atoms with Gasteiger partial charge in [0.05, 0.1) is 0 Å². The molecule has 3 rings (SSSR count). The standard InChI is InChI=1S/C17H21NO2S/c1-17(2)9-15(18-3)14-5-4-13(8-16(14)20-17)19-10-12-6-7-21-11-12/h4-8,11,15,18H,9-10H2,1-3H3. The summed E-state index contributed by atoms with van der Waals surface area (Å²) in [5.74, 6) is 1.78. The van der Waals surface area contributed by atoms with E-state index in [9.17, 15) is 0 Å². The summed E-state index contributed by atoms with van der Waals surface area (Å²) < 4.78 is 12.0. The molecular weight excluding hydrogens is 282 g/mol. The summed E-state index contributed by atoms with van der Waals surface area (Å²) in [7, 11) is 2.00.